The van der Waals surface area contributed by atoms with Gasteiger partial charge < -0.3 is 15.0 Å². The molecule has 0 saturated carbocycles. The van der Waals surface area contributed by atoms with Crippen molar-refractivity contribution in [3.63, 3.8) is 0 Å². The van der Waals surface area contributed by atoms with Crippen LogP contribution in [0.15, 0.2) is 41.5 Å². The molecule has 0 aromatic carbocycles. The number of amides is 1. The minimum atomic E-state index is -2.61. The predicted molar refractivity (Wildman–Crippen MR) is 114 cm³/mol. The second-order valence-corrected chi connectivity index (χ2v) is 7.13. The van der Waals surface area contributed by atoms with Crippen LogP contribution in [-0.4, -0.2) is 51.4 Å². The molecule has 156 valence electrons. The third kappa shape index (κ3) is 3.91. The van der Waals surface area contributed by atoms with Crippen LogP contribution in [0.1, 0.15) is 42.3 Å². The van der Waals surface area contributed by atoms with Gasteiger partial charge >= 0.3 is 0 Å². The third-order valence-corrected chi connectivity index (χ3v) is 5.20. The first-order valence-corrected chi connectivity index (χ1v) is 9.63. The largest absolute Gasteiger partial charge is 0.486 e. The first-order chi connectivity index (χ1) is 16.4. The number of pyridine rings is 3. The molecule has 0 spiro atoms. The molecule has 0 unspecified atom stereocenters. The first-order valence-electron chi connectivity index (χ1n) is 12.1. The lowest BCUT2D eigenvalue weighted by Gasteiger charge is -2.45. The first kappa shape index (κ1) is 14.7. The van der Waals surface area contributed by atoms with Gasteiger partial charge in [-0.2, -0.15) is 0 Å². The Kier molecular flexibility index (Phi) is 4.03. The van der Waals surface area contributed by atoms with Crippen LogP contribution in [-0.2, 0) is 12.9 Å². The maximum Gasteiger partial charge on any atom is 0.269 e. The number of aromatic nitrogens is 3. The van der Waals surface area contributed by atoms with Crippen molar-refractivity contribution in [2.75, 3.05) is 13.5 Å². The molecular formula is C22H25N5O3. The summed E-state index contributed by atoms with van der Waals surface area (Å²) in [6.45, 7) is -0.447. The summed E-state index contributed by atoms with van der Waals surface area (Å²) in [6, 6.07) is 5.91. The van der Waals surface area contributed by atoms with Crippen LogP contribution in [0.3, 0.4) is 0 Å². The highest BCUT2D eigenvalue weighted by Gasteiger charge is 2.37. The quantitative estimate of drug-likeness (QED) is 0.641. The van der Waals surface area contributed by atoms with Crippen LogP contribution in [0.2, 0.25) is 0 Å². The van der Waals surface area contributed by atoms with E-state index in [1.165, 1.54) is 24.5 Å². The molecule has 3 aromatic rings. The third-order valence-electron chi connectivity index (χ3n) is 5.20. The van der Waals surface area contributed by atoms with Gasteiger partial charge in [0.05, 0.1) is 17.2 Å². The SMILES string of the molecule is [2H]C([2H])([2H])NC(=O)c1ccc(O[C@H]2CN(C([2H])([2H])c3cnc4cc(CC)c(=O)[nH]c4c3)[C@@H]2C)cn1. The van der Waals surface area contributed by atoms with E-state index in [1.807, 2.05) is 19.2 Å². The average molecular weight is 413 g/mol. The van der Waals surface area contributed by atoms with Crippen LogP contribution >= 0.6 is 0 Å². The van der Waals surface area contributed by atoms with Crippen LogP contribution in [0.4, 0.5) is 0 Å². The zero-order valence-electron chi connectivity index (χ0n) is 21.6. The van der Waals surface area contributed by atoms with E-state index >= 15 is 0 Å². The second-order valence-electron chi connectivity index (χ2n) is 7.13. The minimum absolute atomic E-state index is 0.0546. The van der Waals surface area contributed by atoms with Crippen molar-refractivity contribution in [3.8, 4) is 5.75 Å². The summed E-state index contributed by atoms with van der Waals surface area (Å²) in [5, 5.41) is 1.87. The number of nitrogens with zero attached hydrogens (tertiary/aromatic N) is 3. The Balaban J connectivity index is 1.43. The van der Waals surface area contributed by atoms with Gasteiger partial charge in [0.2, 0.25) is 0 Å². The van der Waals surface area contributed by atoms with Crippen molar-refractivity contribution in [3.05, 3.63) is 63.8 Å². The Morgan fingerprint density at radius 2 is 2.27 bits per heavy atom. The van der Waals surface area contributed by atoms with Gasteiger partial charge in [-0.1, -0.05) is 6.92 Å². The van der Waals surface area contributed by atoms with Crippen molar-refractivity contribution in [1.82, 2.24) is 25.2 Å². The Bertz CT molecular complexity index is 1310. The van der Waals surface area contributed by atoms with Crippen molar-refractivity contribution in [2.45, 2.75) is 38.9 Å². The monoisotopic (exact) mass is 412 g/mol. The van der Waals surface area contributed by atoms with Gasteiger partial charge in [-0.25, -0.2) is 4.98 Å². The fourth-order valence-corrected chi connectivity index (χ4v) is 3.29. The van der Waals surface area contributed by atoms with Crippen LogP contribution in [0.25, 0.3) is 11.0 Å². The molecule has 30 heavy (non-hydrogen) atoms. The zero-order valence-corrected chi connectivity index (χ0v) is 16.6. The maximum atomic E-state index is 12.2. The number of carbonyl (C=O) groups excluding carboxylic acids is 1. The van der Waals surface area contributed by atoms with Crippen LogP contribution in [0, 0.1) is 0 Å². The fourth-order valence-electron chi connectivity index (χ4n) is 3.29. The summed E-state index contributed by atoms with van der Waals surface area (Å²) in [5.74, 6) is -0.437. The molecule has 4 rings (SSSR count). The van der Waals surface area contributed by atoms with E-state index in [2.05, 4.69) is 15.0 Å². The highest BCUT2D eigenvalue weighted by atomic mass is 16.5. The molecule has 8 heteroatoms. The van der Waals surface area contributed by atoms with Gasteiger partial charge in [0.1, 0.15) is 17.5 Å². The van der Waals surface area contributed by atoms with Gasteiger partial charge in [0.15, 0.2) is 0 Å². The summed E-state index contributed by atoms with van der Waals surface area (Å²) in [5.41, 5.74) is 1.76. The lowest BCUT2D eigenvalue weighted by molar-refractivity contribution is -0.0415. The molecule has 1 amide bonds. The Morgan fingerprint density at radius 1 is 1.40 bits per heavy atom. The highest BCUT2D eigenvalue weighted by molar-refractivity contribution is 5.92. The highest BCUT2D eigenvalue weighted by Crippen LogP contribution is 2.26. The zero-order chi connectivity index (χ0) is 25.5. The Morgan fingerprint density at radius 3 is 2.97 bits per heavy atom. The van der Waals surface area contributed by atoms with E-state index in [9.17, 15) is 9.59 Å². The van der Waals surface area contributed by atoms with Crippen molar-refractivity contribution in [2.24, 2.45) is 0 Å². The van der Waals surface area contributed by atoms with Crippen molar-refractivity contribution >= 4 is 16.9 Å². The molecule has 3 aromatic heterocycles. The predicted octanol–water partition coefficient (Wildman–Crippen LogP) is 1.89. The van der Waals surface area contributed by atoms with Gasteiger partial charge in [0, 0.05) is 44.7 Å². The van der Waals surface area contributed by atoms with Gasteiger partial charge in [-0.15, -0.1) is 0 Å². The molecule has 0 aliphatic carbocycles. The number of hydrogen-bond donors (Lipinski definition) is 2. The lowest BCUT2D eigenvalue weighted by atomic mass is 10.00. The van der Waals surface area contributed by atoms with Gasteiger partial charge in [-0.3, -0.25) is 19.5 Å². The maximum absolute atomic E-state index is 12.2. The molecule has 2 atom stereocenters. The molecular weight excluding hydrogens is 382 g/mol. The Hall–Kier alpha value is -3.26. The van der Waals surface area contributed by atoms with Gasteiger partial charge in [-0.05, 0) is 43.2 Å². The van der Waals surface area contributed by atoms with Crippen LogP contribution < -0.4 is 15.6 Å². The number of ether oxygens (including phenoxy) is 1. The smallest absolute Gasteiger partial charge is 0.269 e. The standard InChI is InChI=1S/C22H25N5O3/c1-4-15-8-18-19(26-21(15)28)7-14(9-24-18)11-27-12-20(13(27)2)30-16-5-6-17(25-10-16)22(29)23-3/h5-10,13,20H,4,11-12H2,1-3H3,(H,23,29)(H,26,28)/t13-,20+/m1/s1/i3D3,11D2. The van der Waals surface area contributed by atoms with Crippen molar-refractivity contribution in [1.29, 1.82) is 0 Å². The van der Waals surface area contributed by atoms with Crippen molar-refractivity contribution < 1.29 is 16.4 Å². The molecule has 1 aliphatic heterocycles. The number of aryl methyl sites for hydroxylation is 1. The molecule has 8 nitrogen and oxygen atoms in total. The molecule has 4 heterocycles. The molecule has 1 aliphatic rings. The van der Waals surface area contributed by atoms with E-state index in [-0.39, 0.29) is 23.4 Å². The van der Waals surface area contributed by atoms with Crippen LogP contribution in [0.5, 0.6) is 5.75 Å². The van der Waals surface area contributed by atoms with E-state index in [4.69, 9.17) is 11.6 Å². The number of fused-ring (bicyclic) bond motifs is 1. The fraction of sp³-hybridized carbons (Fsp3) is 0.364. The number of rotatable bonds is 6. The number of carbonyl (C=O) groups is 1. The number of likely N-dealkylation sites (tertiary alicyclic amines) is 1. The summed E-state index contributed by atoms with van der Waals surface area (Å²) >= 11 is 0. The van der Waals surface area contributed by atoms with E-state index in [0.717, 1.165) is 0 Å². The average Bonchev–Trinajstić information content (AvgIpc) is 2.79. The summed E-state index contributed by atoms with van der Waals surface area (Å²) in [6.07, 6.45) is 3.06. The molecule has 2 N–H and O–H groups in total. The number of nitrogens with one attached hydrogen (secondary N) is 2. The number of hydrogen-bond acceptors (Lipinski definition) is 6. The molecule has 0 radical (unpaired) electrons. The molecule has 0 bridgehead atoms. The van der Waals surface area contributed by atoms with E-state index < -0.39 is 19.4 Å². The lowest BCUT2D eigenvalue weighted by Crippen LogP contribution is -2.60. The summed E-state index contributed by atoms with van der Waals surface area (Å²) < 4.78 is 44.5. The summed E-state index contributed by atoms with van der Waals surface area (Å²) in [7, 11) is 0. The normalized spacial score (nSPS) is 22.1. The number of aromatic amines is 1. The minimum Gasteiger partial charge on any atom is -0.486 e. The topological polar surface area (TPSA) is 100 Å². The van der Waals surface area contributed by atoms with E-state index in [1.54, 1.807) is 17.0 Å². The second kappa shape index (κ2) is 8.23. The molecule has 1 saturated heterocycles. The van der Waals surface area contributed by atoms with Gasteiger partial charge in [0.25, 0.3) is 11.5 Å². The summed E-state index contributed by atoms with van der Waals surface area (Å²) in [4.78, 5) is 36.8. The molecule has 1 fully saturated rings. The Labute approximate surface area is 181 Å². The van der Waals surface area contributed by atoms with E-state index in [0.29, 0.717) is 40.9 Å². The number of H-pyrrole nitrogens is 1.